The molecule has 30 heavy (non-hydrogen) atoms. The molecule has 1 aliphatic heterocycles. The van der Waals surface area contributed by atoms with Gasteiger partial charge in [0.2, 0.25) is 5.91 Å². The third kappa shape index (κ3) is 4.29. The zero-order valence-electron chi connectivity index (χ0n) is 16.5. The average molecular weight is 420 g/mol. The zero-order valence-corrected chi connectivity index (χ0v) is 16.5. The predicted molar refractivity (Wildman–Crippen MR) is 103 cm³/mol. The summed E-state index contributed by atoms with van der Waals surface area (Å²) in [6.07, 6.45) is -5.85. The maximum atomic E-state index is 13.0. The summed E-state index contributed by atoms with van der Waals surface area (Å²) in [6, 6.07) is 7.81. The predicted octanol–water partition coefficient (Wildman–Crippen LogP) is 3.85. The van der Waals surface area contributed by atoms with Gasteiger partial charge in [0.1, 0.15) is 6.54 Å². The average Bonchev–Trinajstić information content (AvgIpc) is 2.65. The summed E-state index contributed by atoms with van der Waals surface area (Å²) in [5.74, 6) is -2.07. The van der Waals surface area contributed by atoms with E-state index in [2.05, 4.69) is 5.32 Å². The van der Waals surface area contributed by atoms with Crippen LogP contribution in [0.2, 0.25) is 0 Å². The minimum absolute atomic E-state index is 0.0991. The van der Waals surface area contributed by atoms with Gasteiger partial charge in [0.25, 0.3) is 5.91 Å². The number of anilines is 2. The molecule has 2 amide bonds. The lowest BCUT2D eigenvalue weighted by molar-refractivity contribution is -0.137. The van der Waals surface area contributed by atoms with Crippen LogP contribution >= 0.6 is 0 Å². The quantitative estimate of drug-likeness (QED) is 0.766. The topological polar surface area (TPSA) is 75.7 Å². The number of nitrogens with zero attached hydrogens (tertiary/aromatic N) is 1. The summed E-state index contributed by atoms with van der Waals surface area (Å²) >= 11 is 0. The molecule has 0 fully saturated rings. The molecule has 0 saturated carbocycles. The van der Waals surface area contributed by atoms with Crippen LogP contribution in [-0.2, 0) is 20.5 Å². The molecule has 0 aromatic heterocycles. The van der Waals surface area contributed by atoms with Gasteiger partial charge in [-0.1, -0.05) is 17.7 Å². The van der Waals surface area contributed by atoms with Crippen LogP contribution < -0.4 is 10.2 Å². The van der Waals surface area contributed by atoms with Crippen molar-refractivity contribution in [3.05, 3.63) is 58.7 Å². The van der Waals surface area contributed by atoms with Gasteiger partial charge in [-0.25, -0.2) is 4.79 Å². The van der Waals surface area contributed by atoms with E-state index in [9.17, 15) is 27.6 Å². The van der Waals surface area contributed by atoms with Crippen molar-refractivity contribution >= 4 is 29.2 Å². The van der Waals surface area contributed by atoms with E-state index in [4.69, 9.17) is 4.74 Å². The summed E-state index contributed by atoms with van der Waals surface area (Å²) in [5, 5.41) is 2.33. The molecule has 3 rings (SSSR count). The number of carbonyl (C=O) groups is 3. The number of amides is 2. The molecule has 0 saturated heterocycles. The molecule has 0 bridgehead atoms. The molecule has 2 aromatic rings. The number of rotatable bonds is 3. The number of carbonyl (C=O) groups excluding carboxylic acids is 3. The van der Waals surface area contributed by atoms with Crippen LogP contribution in [0.25, 0.3) is 0 Å². The molecule has 1 heterocycles. The lowest BCUT2D eigenvalue weighted by atomic mass is 10.1. The SMILES string of the molecule is Cc1ccc(C(=O)OC(C)C(=O)N2CC(=O)Nc3cc(C(F)(F)F)ccc32)c(C)c1. The number of hydrogen-bond donors (Lipinski definition) is 1. The molecule has 158 valence electrons. The maximum Gasteiger partial charge on any atom is 0.416 e. The van der Waals surface area contributed by atoms with Gasteiger partial charge in [-0.05, 0) is 50.6 Å². The van der Waals surface area contributed by atoms with E-state index in [1.54, 1.807) is 25.1 Å². The van der Waals surface area contributed by atoms with E-state index in [0.717, 1.165) is 28.7 Å². The standard InChI is InChI=1S/C21H19F3N2O4/c1-11-4-6-15(12(2)8-11)20(29)30-13(3)19(28)26-10-18(27)25-16-9-14(21(22,23)24)5-7-17(16)26/h4-9,13H,10H2,1-3H3,(H,25,27). The smallest absolute Gasteiger partial charge is 0.416 e. The summed E-state index contributed by atoms with van der Waals surface area (Å²) < 4.78 is 44.1. The van der Waals surface area contributed by atoms with E-state index in [0.29, 0.717) is 11.1 Å². The van der Waals surface area contributed by atoms with Gasteiger partial charge in [-0.15, -0.1) is 0 Å². The van der Waals surface area contributed by atoms with Crippen molar-refractivity contribution in [1.82, 2.24) is 0 Å². The maximum absolute atomic E-state index is 13.0. The Kier molecular flexibility index (Phi) is 5.56. The van der Waals surface area contributed by atoms with E-state index in [1.807, 2.05) is 6.92 Å². The molecule has 0 aliphatic carbocycles. The van der Waals surface area contributed by atoms with Crippen LogP contribution in [0.4, 0.5) is 24.5 Å². The Morgan fingerprint density at radius 1 is 1.13 bits per heavy atom. The minimum atomic E-state index is -4.60. The summed E-state index contributed by atoms with van der Waals surface area (Å²) in [5.41, 5.74) is 0.950. The monoisotopic (exact) mass is 420 g/mol. The van der Waals surface area contributed by atoms with Gasteiger partial charge < -0.3 is 10.1 Å². The van der Waals surface area contributed by atoms with Crippen LogP contribution in [-0.4, -0.2) is 30.4 Å². The van der Waals surface area contributed by atoms with Crippen molar-refractivity contribution in [2.24, 2.45) is 0 Å². The fourth-order valence-corrected chi connectivity index (χ4v) is 3.20. The molecular weight excluding hydrogens is 401 g/mol. The van der Waals surface area contributed by atoms with Crippen LogP contribution in [0.3, 0.4) is 0 Å². The van der Waals surface area contributed by atoms with Crippen molar-refractivity contribution in [2.45, 2.75) is 33.1 Å². The van der Waals surface area contributed by atoms with Crippen LogP contribution in [0, 0.1) is 13.8 Å². The van der Waals surface area contributed by atoms with Crippen molar-refractivity contribution in [1.29, 1.82) is 0 Å². The molecule has 9 heteroatoms. The Labute approximate surface area is 170 Å². The first-order valence-electron chi connectivity index (χ1n) is 9.08. The Morgan fingerprint density at radius 2 is 1.83 bits per heavy atom. The third-order valence-corrected chi connectivity index (χ3v) is 4.69. The van der Waals surface area contributed by atoms with Gasteiger partial charge >= 0.3 is 12.1 Å². The number of aryl methyl sites for hydroxylation is 2. The Bertz CT molecular complexity index is 1030. The second kappa shape index (κ2) is 7.81. The molecule has 6 nitrogen and oxygen atoms in total. The number of alkyl halides is 3. The lowest BCUT2D eigenvalue weighted by Gasteiger charge is -2.31. The largest absolute Gasteiger partial charge is 0.449 e. The second-order valence-electron chi connectivity index (χ2n) is 7.07. The number of benzene rings is 2. The van der Waals surface area contributed by atoms with E-state index in [-0.39, 0.29) is 11.4 Å². The first-order valence-corrected chi connectivity index (χ1v) is 9.08. The van der Waals surface area contributed by atoms with E-state index >= 15 is 0 Å². The highest BCUT2D eigenvalue weighted by Crippen LogP contribution is 2.37. The van der Waals surface area contributed by atoms with Gasteiger partial charge in [-0.3, -0.25) is 14.5 Å². The molecule has 0 radical (unpaired) electrons. The first kappa shape index (κ1) is 21.4. The number of halogens is 3. The second-order valence-corrected chi connectivity index (χ2v) is 7.07. The third-order valence-electron chi connectivity index (χ3n) is 4.69. The number of esters is 1. The minimum Gasteiger partial charge on any atom is -0.449 e. The fourth-order valence-electron chi connectivity index (χ4n) is 3.20. The number of ether oxygens (including phenoxy) is 1. The number of fused-ring (bicyclic) bond motifs is 1. The van der Waals surface area contributed by atoms with Gasteiger partial charge in [0.15, 0.2) is 6.10 Å². The van der Waals surface area contributed by atoms with E-state index < -0.39 is 42.2 Å². The fraction of sp³-hybridized carbons (Fsp3) is 0.286. The first-order chi connectivity index (χ1) is 14.0. The van der Waals surface area contributed by atoms with Crippen LogP contribution in [0.15, 0.2) is 36.4 Å². The molecule has 1 N–H and O–H groups in total. The highest BCUT2D eigenvalue weighted by molar-refractivity contribution is 6.11. The highest BCUT2D eigenvalue weighted by atomic mass is 19.4. The van der Waals surface area contributed by atoms with Crippen LogP contribution in [0.1, 0.15) is 34.0 Å². The molecule has 1 aliphatic rings. The van der Waals surface area contributed by atoms with Crippen molar-refractivity contribution in [3.63, 3.8) is 0 Å². The van der Waals surface area contributed by atoms with Crippen molar-refractivity contribution in [3.8, 4) is 0 Å². The molecule has 0 spiro atoms. The van der Waals surface area contributed by atoms with Gasteiger partial charge in [0.05, 0.1) is 22.5 Å². The van der Waals surface area contributed by atoms with Crippen molar-refractivity contribution < 1.29 is 32.3 Å². The molecule has 1 unspecified atom stereocenters. The van der Waals surface area contributed by atoms with Gasteiger partial charge in [0, 0.05) is 0 Å². The van der Waals surface area contributed by atoms with E-state index in [1.165, 1.54) is 6.92 Å². The summed E-state index contributed by atoms with van der Waals surface area (Å²) in [7, 11) is 0. The summed E-state index contributed by atoms with van der Waals surface area (Å²) in [6.45, 7) is 4.56. The molecular formula is C21H19F3N2O4. The lowest BCUT2D eigenvalue weighted by Crippen LogP contribution is -2.47. The Morgan fingerprint density at radius 3 is 2.47 bits per heavy atom. The number of nitrogens with one attached hydrogen (secondary N) is 1. The van der Waals surface area contributed by atoms with Crippen LogP contribution in [0.5, 0.6) is 0 Å². The summed E-state index contributed by atoms with van der Waals surface area (Å²) in [4.78, 5) is 38.2. The van der Waals surface area contributed by atoms with Gasteiger partial charge in [-0.2, -0.15) is 13.2 Å². The zero-order chi connectivity index (χ0) is 22.2. The normalized spacial score (nSPS) is 14.6. The Balaban J connectivity index is 1.83. The highest BCUT2D eigenvalue weighted by Gasteiger charge is 2.35. The molecule has 2 aromatic carbocycles. The number of hydrogen-bond acceptors (Lipinski definition) is 4. The molecule has 1 atom stereocenters. The Hall–Kier alpha value is -3.36. The van der Waals surface area contributed by atoms with Crippen molar-refractivity contribution in [2.75, 3.05) is 16.8 Å².